The summed E-state index contributed by atoms with van der Waals surface area (Å²) in [6.45, 7) is 8.04. The van der Waals surface area contributed by atoms with Crippen molar-refractivity contribution in [3.8, 4) is 5.75 Å². The molecule has 19 heavy (non-hydrogen) atoms. The summed E-state index contributed by atoms with van der Waals surface area (Å²) in [5.41, 5.74) is 2.37. The fourth-order valence-electron chi connectivity index (χ4n) is 2.43. The molecule has 1 atom stereocenters. The van der Waals surface area contributed by atoms with Gasteiger partial charge >= 0.3 is 0 Å². The van der Waals surface area contributed by atoms with Gasteiger partial charge in [-0.05, 0) is 25.3 Å². The molecular weight excluding hydrogens is 238 g/mol. The molecule has 1 aliphatic heterocycles. The zero-order chi connectivity index (χ0) is 13.9. The third kappa shape index (κ3) is 3.48. The Hall–Kier alpha value is -1.06. The molecule has 1 aromatic rings. The van der Waals surface area contributed by atoms with E-state index in [9.17, 15) is 5.11 Å². The molecule has 1 aromatic carbocycles. The van der Waals surface area contributed by atoms with Crippen molar-refractivity contribution in [3.05, 3.63) is 29.3 Å². The molecule has 0 aromatic heterocycles. The predicted molar refractivity (Wildman–Crippen MR) is 77.5 cm³/mol. The Balaban J connectivity index is 2.16. The molecule has 3 heteroatoms. The summed E-state index contributed by atoms with van der Waals surface area (Å²) in [5, 5.41) is 12.9. The van der Waals surface area contributed by atoms with Gasteiger partial charge in [-0.2, -0.15) is 0 Å². The lowest BCUT2D eigenvalue weighted by Gasteiger charge is -2.26. The Kier molecular flexibility index (Phi) is 4.48. The maximum Gasteiger partial charge on any atom is 0.126 e. The number of hydrogen-bond acceptors (Lipinski definition) is 3. The van der Waals surface area contributed by atoms with Crippen LogP contribution in [-0.4, -0.2) is 24.9 Å². The maximum absolute atomic E-state index is 9.35. The smallest absolute Gasteiger partial charge is 0.126 e. The molecule has 2 N–H and O–H groups in total. The van der Waals surface area contributed by atoms with E-state index >= 15 is 0 Å². The van der Waals surface area contributed by atoms with Gasteiger partial charge in [-0.25, -0.2) is 0 Å². The van der Waals surface area contributed by atoms with Crippen molar-refractivity contribution < 1.29 is 9.84 Å². The van der Waals surface area contributed by atoms with Crippen LogP contribution in [0.15, 0.2) is 18.2 Å². The van der Waals surface area contributed by atoms with Gasteiger partial charge in [0.05, 0.1) is 6.61 Å². The zero-order valence-electron chi connectivity index (χ0n) is 12.2. The minimum absolute atomic E-state index is 0.0862. The number of fused-ring (bicyclic) bond motifs is 1. The molecule has 1 unspecified atom stereocenters. The van der Waals surface area contributed by atoms with Crippen molar-refractivity contribution >= 4 is 0 Å². The summed E-state index contributed by atoms with van der Waals surface area (Å²) in [5.74, 6) is 1.04. The number of nitrogens with one attached hydrogen (secondary N) is 1. The SMILES string of the molecule is Cc1cccc2c1OCCCC2NCC(C)(C)CO. The fourth-order valence-corrected chi connectivity index (χ4v) is 2.43. The fraction of sp³-hybridized carbons (Fsp3) is 0.625. The first-order chi connectivity index (χ1) is 9.03. The molecule has 3 nitrogen and oxygen atoms in total. The molecule has 0 spiro atoms. The molecule has 2 rings (SSSR count). The maximum atomic E-state index is 9.35. The Morgan fingerprint density at radius 2 is 2.21 bits per heavy atom. The third-order valence-electron chi connectivity index (χ3n) is 3.76. The lowest BCUT2D eigenvalue weighted by Crippen LogP contribution is -2.34. The van der Waals surface area contributed by atoms with Crippen LogP contribution < -0.4 is 10.1 Å². The Bertz CT molecular complexity index is 429. The molecule has 0 bridgehead atoms. The first-order valence-corrected chi connectivity index (χ1v) is 7.10. The van der Waals surface area contributed by atoms with Crippen molar-refractivity contribution in [1.29, 1.82) is 0 Å². The van der Waals surface area contributed by atoms with Crippen LogP contribution in [0.5, 0.6) is 5.75 Å². The number of ether oxygens (including phenoxy) is 1. The summed E-state index contributed by atoms with van der Waals surface area (Å²) in [7, 11) is 0. The van der Waals surface area contributed by atoms with Crippen molar-refractivity contribution in [2.24, 2.45) is 5.41 Å². The van der Waals surface area contributed by atoms with Gasteiger partial charge in [-0.3, -0.25) is 0 Å². The van der Waals surface area contributed by atoms with E-state index in [1.54, 1.807) is 0 Å². The van der Waals surface area contributed by atoms with Gasteiger partial charge < -0.3 is 15.2 Å². The van der Waals surface area contributed by atoms with Crippen LogP contribution in [0.1, 0.15) is 43.9 Å². The number of rotatable bonds is 4. The third-order valence-corrected chi connectivity index (χ3v) is 3.76. The lowest BCUT2D eigenvalue weighted by atomic mass is 9.93. The van der Waals surface area contributed by atoms with Crippen molar-refractivity contribution in [2.45, 2.75) is 39.7 Å². The average molecular weight is 263 g/mol. The summed E-state index contributed by atoms with van der Waals surface area (Å²) < 4.78 is 5.88. The summed E-state index contributed by atoms with van der Waals surface area (Å²) in [4.78, 5) is 0. The van der Waals surface area contributed by atoms with Crippen LogP contribution in [0.4, 0.5) is 0 Å². The molecule has 1 heterocycles. The second-order valence-corrected chi connectivity index (χ2v) is 6.24. The molecule has 1 aliphatic rings. The first kappa shape index (κ1) is 14.4. The first-order valence-electron chi connectivity index (χ1n) is 7.10. The van der Waals surface area contributed by atoms with Gasteiger partial charge in [-0.15, -0.1) is 0 Å². The molecule has 106 valence electrons. The van der Waals surface area contributed by atoms with E-state index in [4.69, 9.17) is 4.74 Å². The number of benzene rings is 1. The van der Waals surface area contributed by atoms with E-state index in [2.05, 4.69) is 44.3 Å². The summed E-state index contributed by atoms with van der Waals surface area (Å²) in [6.07, 6.45) is 2.14. The van der Waals surface area contributed by atoms with Crippen molar-refractivity contribution in [3.63, 3.8) is 0 Å². The van der Waals surface area contributed by atoms with Gasteiger partial charge in [0.15, 0.2) is 0 Å². The van der Waals surface area contributed by atoms with E-state index in [1.165, 1.54) is 11.1 Å². The largest absolute Gasteiger partial charge is 0.493 e. The van der Waals surface area contributed by atoms with Gasteiger partial charge in [0.1, 0.15) is 5.75 Å². The predicted octanol–water partition coefficient (Wildman–Crippen LogP) is 2.82. The number of hydrogen-bond donors (Lipinski definition) is 2. The Morgan fingerprint density at radius 1 is 1.42 bits per heavy atom. The lowest BCUT2D eigenvalue weighted by molar-refractivity contribution is 0.152. The molecule has 0 amide bonds. The van der Waals surface area contributed by atoms with Crippen LogP contribution >= 0.6 is 0 Å². The zero-order valence-corrected chi connectivity index (χ0v) is 12.2. The molecule has 0 saturated heterocycles. The van der Waals surface area contributed by atoms with Gasteiger partial charge in [0.2, 0.25) is 0 Å². The van der Waals surface area contributed by atoms with E-state index in [0.717, 1.165) is 31.7 Å². The quantitative estimate of drug-likeness (QED) is 0.877. The Labute approximate surface area is 116 Å². The van der Waals surface area contributed by atoms with Crippen LogP contribution in [-0.2, 0) is 0 Å². The monoisotopic (exact) mass is 263 g/mol. The Morgan fingerprint density at radius 3 is 2.95 bits per heavy atom. The van der Waals surface area contributed by atoms with Gasteiger partial charge in [0.25, 0.3) is 0 Å². The van der Waals surface area contributed by atoms with Crippen LogP contribution in [0.3, 0.4) is 0 Å². The minimum Gasteiger partial charge on any atom is -0.493 e. The van der Waals surface area contributed by atoms with Gasteiger partial charge in [0, 0.05) is 30.2 Å². The van der Waals surface area contributed by atoms with E-state index in [0.29, 0.717) is 6.04 Å². The molecule has 0 radical (unpaired) electrons. The number of aliphatic hydroxyl groups excluding tert-OH is 1. The second-order valence-electron chi connectivity index (χ2n) is 6.24. The number of para-hydroxylation sites is 1. The number of aliphatic hydroxyl groups is 1. The highest BCUT2D eigenvalue weighted by molar-refractivity contribution is 5.43. The highest BCUT2D eigenvalue weighted by atomic mass is 16.5. The van der Waals surface area contributed by atoms with Gasteiger partial charge in [-0.1, -0.05) is 32.0 Å². The van der Waals surface area contributed by atoms with Crippen LogP contribution in [0.25, 0.3) is 0 Å². The molecule has 0 aliphatic carbocycles. The van der Waals surface area contributed by atoms with E-state index in [-0.39, 0.29) is 12.0 Å². The molecule has 0 saturated carbocycles. The summed E-state index contributed by atoms with van der Waals surface area (Å²) in [6, 6.07) is 6.66. The van der Waals surface area contributed by atoms with E-state index < -0.39 is 0 Å². The average Bonchev–Trinajstić information content (AvgIpc) is 2.60. The second kappa shape index (κ2) is 5.93. The van der Waals surface area contributed by atoms with E-state index in [1.807, 2.05) is 0 Å². The summed E-state index contributed by atoms with van der Waals surface area (Å²) >= 11 is 0. The highest BCUT2D eigenvalue weighted by Gasteiger charge is 2.23. The normalized spacial score (nSPS) is 19.5. The van der Waals surface area contributed by atoms with Crippen LogP contribution in [0.2, 0.25) is 0 Å². The standard InChI is InChI=1S/C16H25NO2/c1-12-6-4-7-13-14(8-5-9-19-15(12)13)17-10-16(2,3)11-18/h4,6-7,14,17-18H,5,8-11H2,1-3H3. The molecular formula is C16H25NO2. The van der Waals surface area contributed by atoms with Crippen molar-refractivity contribution in [2.75, 3.05) is 19.8 Å². The number of aryl methyl sites for hydroxylation is 1. The van der Waals surface area contributed by atoms with Crippen molar-refractivity contribution in [1.82, 2.24) is 5.32 Å². The minimum atomic E-state index is -0.0862. The topological polar surface area (TPSA) is 41.5 Å². The van der Waals surface area contributed by atoms with Crippen LogP contribution in [0, 0.1) is 12.3 Å². The highest BCUT2D eigenvalue weighted by Crippen LogP contribution is 2.34. The molecule has 0 fully saturated rings.